The van der Waals surface area contributed by atoms with Crippen molar-refractivity contribution in [3.63, 3.8) is 0 Å². The summed E-state index contributed by atoms with van der Waals surface area (Å²) in [7, 11) is 0. The second kappa shape index (κ2) is 11.7. The molecule has 200 valence electrons. The van der Waals surface area contributed by atoms with Crippen LogP contribution in [0.4, 0.5) is 5.69 Å². The number of furan rings is 1. The van der Waals surface area contributed by atoms with Crippen LogP contribution in [-0.4, -0.2) is 34.1 Å². The number of thiocarbonyl (C=S) groups is 1. The lowest BCUT2D eigenvalue weighted by molar-refractivity contribution is -0.116. The Labute approximate surface area is 234 Å². The van der Waals surface area contributed by atoms with Gasteiger partial charge in [-0.15, -0.1) is 0 Å². The Balaban J connectivity index is 1.38. The molecule has 2 N–H and O–H groups in total. The van der Waals surface area contributed by atoms with E-state index in [9.17, 15) is 4.79 Å². The summed E-state index contributed by atoms with van der Waals surface area (Å²) < 4.78 is 12.0. The normalized spacial score (nSPS) is 16.7. The van der Waals surface area contributed by atoms with E-state index in [0.29, 0.717) is 18.3 Å². The van der Waals surface area contributed by atoms with Crippen LogP contribution in [0, 0.1) is 13.8 Å². The molecule has 0 bridgehead atoms. The Hall–Kier alpha value is -4.17. The van der Waals surface area contributed by atoms with Crippen molar-refractivity contribution in [1.29, 1.82) is 0 Å². The van der Waals surface area contributed by atoms with E-state index in [4.69, 9.17) is 21.4 Å². The first-order valence-corrected chi connectivity index (χ1v) is 13.5. The summed E-state index contributed by atoms with van der Waals surface area (Å²) in [4.78, 5) is 19.6. The molecule has 0 spiro atoms. The first-order chi connectivity index (χ1) is 18.9. The van der Waals surface area contributed by atoms with Crippen LogP contribution in [0.1, 0.15) is 48.0 Å². The number of nitrogens with one attached hydrogen (secondary N) is 2. The summed E-state index contributed by atoms with van der Waals surface area (Å²) >= 11 is 5.75. The number of carbonyl (C=O) groups is 1. The maximum absolute atomic E-state index is 12.9. The summed E-state index contributed by atoms with van der Waals surface area (Å²) in [5.41, 5.74) is 4.76. The highest BCUT2D eigenvalue weighted by Crippen LogP contribution is 2.40. The Kier molecular flexibility index (Phi) is 7.93. The van der Waals surface area contributed by atoms with Gasteiger partial charge >= 0.3 is 0 Å². The van der Waals surface area contributed by atoms with Crippen molar-refractivity contribution in [2.75, 3.05) is 18.5 Å². The molecule has 8 heteroatoms. The number of amides is 1. The first kappa shape index (κ1) is 26.4. The number of aromatic nitrogens is 1. The van der Waals surface area contributed by atoms with Gasteiger partial charge in [0.1, 0.15) is 23.3 Å². The van der Waals surface area contributed by atoms with Gasteiger partial charge in [0, 0.05) is 30.4 Å². The molecule has 39 heavy (non-hydrogen) atoms. The fraction of sp³-hybridized carbons (Fsp3) is 0.258. The molecular formula is C31H32N4O3S. The van der Waals surface area contributed by atoms with E-state index in [1.54, 1.807) is 6.20 Å². The Morgan fingerprint density at radius 1 is 1.10 bits per heavy atom. The maximum atomic E-state index is 12.9. The predicted molar refractivity (Wildman–Crippen MR) is 157 cm³/mol. The van der Waals surface area contributed by atoms with Crippen LogP contribution in [0.25, 0.3) is 11.3 Å². The molecule has 4 aromatic rings. The second-order valence-corrected chi connectivity index (χ2v) is 9.98. The standard InChI is InChI=1S/C31H32N4O3S/c1-4-37-23-12-10-22(11-13-23)26-14-15-27(38-26)30-29(24-7-5-6-17-32-24)34-31(39)35(30)18-16-28(36)33-25-19-20(2)8-9-21(25)3/h5-15,17,19,29-30H,4,16,18H2,1-3H3,(H,33,36)(H,34,39)/t29-,30-/m1/s1. The van der Waals surface area contributed by atoms with Gasteiger partial charge in [-0.3, -0.25) is 9.78 Å². The van der Waals surface area contributed by atoms with E-state index in [1.165, 1.54) is 0 Å². The van der Waals surface area contributed by atoms with E-state index < -0.39 is 0 Å². The molecule has 0 radical (unpaired) electrons. The van der Waals surface area contributed by atoms with Crippen LogP contribution < -0.4 is 15.4 Å². The molecule has 1 saturated heterocycles. The number of hydrogen-bond donors (Lipinski definition) is 2. The molecule has 5 rings (SSSR count). The number of pyridine rings is 1. The van der Waals surface area contributed by atoms with Gasteiger partial charge in [-0.2, -0.15) is 0 Å². The molecule has 2 aromatic carbocycles. The van der Waals surface area contributed by atoms with Crippen LogP contribution in [0.15, 0.2) is 83.4 Å². The molecule has 0 unspecified atom stereocenters. The van der Waals surface area contributed by atoms with Crippen molar-refractivity contribution in [2.24, 2.45) is 0 Å². The van der Waals surface area contributed by atoms with Gasteiger partial charge in [-0.1, -0.05) is 18.2 Å². The van der Waals surface area contributed by atoms with E-state index in [0.717, 1.165) is 45.3 Å². The molecule has 3 heterocycles. The second-order valence-electron chi connectivity index (χ2n) is 9.60. The van der Waals surface area contributed by atoms with Gasteiger partial charge in [0.05, 0.1) is 18.3 Å². The lowest BCUT2D eigenvalue weighted by Crippen LogP contribution is -2.32. The van der Waals surface area contributed by atoms with Gasteiger partial charge < -0.3 is 24.7 Å². The first-order valence-electron chi connectivity index (χ1n) is 13.1. The highest BCUT2D eigenvalue weighted by atomic mass is 32.1. The summed E-state index contributed by atoms with van der Waals surface area (Å²) in [6.07, 6.45) is 2.04. The zero-order chi connectivity index (χ0) is 27.4. The van der Waals surface area contributed by atoms with Crippen LogP contribution in [0.5, 0.6) is 5.75 Å². The highest BCUT2D eigenvalue weighted by Gasteiger charge is 2.41. The van der Waals surface area contributed by atoms with Gasteiger partial charge in [0.2, 0.25) is 5.91 Å². The minimum atomic E-state index is -0.266. The molecule has 2 aromatic heterocycles. The number of benzene rings is 2. The molecule has 7 nitrogen and oxygen atoms in total. The molecule has 1 amide bonds. The van der Waals surface area contributed by atoms with Crippen molar-refractivity contribution in [3.8, 4) is 17.1 Å². The summed E-state index contributed by atoms with van der Waals surface area (Å²) in [5.74, 6) is 2.25. The smallest absolute Gasteiger partial charge is 0.226 e. The van der Waals surface area contributed by atoms with Gasteiger partial charge in [0.15, 0.2) is 5.11 Å². The topological polar surface area (TPSA) is 79.6 Å². The Morgan fingerprint density at radius 2 is 1.92 bits per heavy atom. The van der Waals surface area contributed by atoms with Crippen LogP contribution >= 0.6 is 12.2 Å². The van der Waals surface area contributed by atoms with E-state index in [-0.39, 0.29) is 24.4 Å². The van der Waals surface area contributed by atoms with Crippen LogP contribution in [0.3, 0.4) is 0 Å². The van der Waals surface area contributed by atoms with Crippen molar-refractivity contribution in [3.05, 3.63) is 102 Å². The SMILES string of the molecule is CCOc1ccc(-c2ccc([C@@H]3[C@@H](c4ccccn4)NC(=S)N3CCC(=O)Nc3cc(C)ccc3C)o2)cc1. The molecule has 1 fully saturated rings. The molecule has 1 aliphatic rings. The molecule has 1 aliphatic heterocycles. The minimum Gasteiger partial charge on any atom is -0.494 e. The minimum absolute atomic E-state index is 0.0685. The quantitative estimate of drug-likeness (QED) is 0.239. The number of rotatable bonds is 9. The third-order valence-electron chi connectivity index (χ3n) is 6.81. The Morgan fingerprint density at radius 3 is 2.67 bits per heavy atom. The van der Waals surface area contributed by atoms with Crippen molar-refractivity contribution < 1.29 is 13.9 Å². The van der Waals surface area contributed by atoms with Gasteiger partial charge in [-0.05, 0) is 98.7 Å². The fourth-order valence-corrected chi connectivity index (χ4v) is 5.14. The Bertz CT molecular complexity index is 1450. The number of ether oxygens (including phenoxy) is 1. The number of carbonyl (C=O) groups excluding carboxylic acids is 1. The van der Waals surface area contributed by atoms with Crippen molar-refractivity contribution >= 4 is 28.9 Å². The summed E-state index contributed by atoms with van der Waals surface area (Å²) in [5, 5.41) is 7.03. The summed E-state index contributed by atoms with van der Waals surface area (Å²) in [6, 6.07) is 23.1. The van der Waals surface area contributed by atoms with Crippen LogP contribution in [0.2, 0.25) is 0 Å². The average molecular weight is 541 g/mol. The molecular weight excluding hydrogens is 508 g/mol. The largest absolute Gasteiger partial charge is 0.494 e. The summed E-state index contributed by atoms with van der Waals surface area (Å²) in [6.45, 7) is 7.00. The lowest BCUT2D eigenvalue weighted by atomic mass is 10.0. The van der Waals surface area contributed by atoms with E-state index in [2.05, 4.69) is 15.6 Å². The number of nitrogens with zero attached hydrogens (tertiary/aromatic N) is 2. The third-order valence-corrected chi connectivity index (χ3v) is 7.17. The highest BCUT2D eigenvalue weighted by molar-refractivity contribution is 7.80. The van der Waals surface area contributed by atoms with Crippen LogP contribution in [-0.2, 0) is 4.79 Å². The molecule has 0 saturated carbocycles. The third kappa shape index (κ3) is 5.96. The monoisotopic (exact) mass is 540 g/mol. The zero-order valence-electron chi connectivity index (χ0n) is 22.3. The number of hydrogen-bond acceptors (Lipinski definition) is 5. The zero-order valence-corrected chi connectivity index (χ0v) is 23.1. The maximum Gasteiger partial charge on any atom is 0.226 e. The van der Waals surface area contributed by atoms with Crippen molar-refractivity contribution in [2.45, 2.75) is 39.3 Å². The fourth-order valence-electron chi connectivity index (χ4n) is 4.81. The average Bonchev–Trinajstić information content (AvgIpc) is 3.55. The van der Waals surface area contributed by atoms with E-state index in [1.807, 2.05) is 98.5 Å². The lowest BCUT2D eigenvalue weighted by Gasteiger charge is -2.26. The number of anilines is 1. The van der Waals surface area contributed by atoms with Gasteiger partial charge in [-0.25, -0.2) is 0 Å². The molecule has 0 aliphatic carbocycles. The van der Waals surface area contributed by atoms with Gasteiger partial charge in [0.25, 0.3) is 0 Å². The molecule has 2 atom stereocenters. The predicted octanol–water partition coefficient (Wildman–Crippen LogP) is 6.36. The van der Waals surface area contributed by atoms with E-state index >= 15 is 0 Å². The van der Waals surface area contributed by atoms with Crippen molar-refractivity contribution in [1.82, 2.24) is 15.2 Å². The number of aryl methyl sites for hydroxylation is 2.